The largest absolute Gasteiger partial charge is 0.134 e. The normalized spacial score (nSPS) is 12.8. The molecule has 2 heteroatoms. The lowest BCUT2D eigenvalue weighted by molar-refractivity contribution is 0.590. The van der Waals surface area contributed by atoms with Gasteiger partial charge in [-0.2, -0.15) is 0 Å². The second kappa shape index (κ2) is 9.76. The molecule has 0 saturated heterocycles. The molecule has 0 saturated carbocycles. The van der Waals surface area contributed by atoms with Crippen molar-refractivity contribution < 1.29 is 0 Å². The van der Waals surface area contributed by atoms with Gasteiger partial charge in [0.1, 0.15) is 0 Å². The molecule has 0 nitrogen and oxygen atoms in total. The minimum Gasteiger partial charge on any atom is -0.134 e. The van der Waals surface area contributed by atoms with Gasteiger partial charge in [-0.05, 0) is 102 Å². The summed E-state index contributed by atoms with van der Waals surface area (Å²) in [6.45, 7) is 13.6. The van der Waals surface area contributed by atoms with E-state index in [-0.39, 0.29) is 10.8 Å². The van der Waals surface area contributed by atoms with Gasteiger partial charge in [0, 0.05) is 20.2 Å². The molecule has 0 N–H and O–H groups in total. The van der Waals surface area contributed by atoms with Gasteiger partial charge >= 0.3 is 0 Å². The van der Waals surface area contributed by atoms with Gasteiger partial charge in [0.2, 0.25) is 0 Å². The van der Waals surface area contributed by atoms with Crippen LogP contribution in [0.1, 0.15) is 52.7 Å². The monoisotopic (exact) mass is 604 g/mol. The topological polar surface area (TPSA) is 0 Å². The summed E-state index contributed by atoms with van der Waals surface area (Å²) in [5, 5.41) is 7.98. The smallest absolute Gasteiger partial charge is 0.0542 e. The lowest BCUT2D eigenvalue weighted by atomic mass is 9.86. The Balaban J connectivity index is 1.19. The van der Waals surface area contributed by atoms with Gasteiger partial charge in [0.15, 0.2) is 0 Å². The van der Waals surface area contributed by atoms with Crippen molar-refractivity contribution in [2.45, 2.75) is 52.4 Å². The van der Waals surface area contributed by atoms with Crippen molar-refractivity contribution in [1.29, 1.82) is 0 Å². The summed E-state index contributed by atoms with van der Waals surface area (Å²) in [7, 11) is 0. The van der Waals surface area contributed by atoms with Crippen LogP contribution >= 0.6 is 22.7 Å². The van der Waals surface area contributed by atoms with E-state index in [1.54, 1.807) is 0 Å². The molecule has 6 aromatic carbocycles. The molecule has 0 spiro atoms. The van der Waals surface area contributed by atoms with Gasteiger partial charge in [0.05, 0.1) is 9.40 Å². The van der Waals surface area contributed by atoms with E-state index in [1.807, 2.05) is 22.7 Å². The van der Waals surface area contributed by atoms with Crippen molar-refractivity contribution in [2.24, 2.45) is 0 Å². The number of benzene rings is 6. The Kier molecular flexibility index (Phi) is 6.11. The second-order valence-corrected chi connectivity index (χ2v) is 16.4. The Bertz CT molecular complexity index is 2190. The SMILES string of the molecule is CC(C)(C)c1ccc(-c2ccc3cc4c(cc3c2)sc2c3cc5ccc(-c6ccc(C(C)(C)C)cc6)cc5cc3sc42)cc1. The molecule has 0 fully saturated rings. The van der Waals surface area contributed by atoms with Gasteiger partial charge in [-0.15, -0.1) is 22.7 Å². The maximum atomic E-state index is 2.41. The Morgan fingerprint density at radius 1 is 0.364 bits per heavy atom. The summed E-state index contributed by atoms with van der Waals surface area (Å²) in [6.07, 6.45) is 0. The fourth-order valence-electron chi connectivity index (χ4n) is 6.43. The van der Waals surface area contributed by atoms with Crippen LogP contribution in [0.3, 0.4) is 0 Å². The fraction of sp³-hybridized carbons (Fsp3) is 0.190. The number of thiophene rings is 2. The molecule has 0 aliphatic rings. The third-order valence-electron chi connectivity index (χ3n) is 9.17. The maximum absolute atomic E-state index is 2.41. The minimum absolute atomic E-state index is 0.165. The Labute approximate surface area is 267 Å². The van der Waals surface area contributed by atoms with E-state index in [2.05, 4.69) is 151 Å². The molecule has 0 radical (unpaired) electrons. The molecule has 0 bridgehead atoms. The highest BCUT2D eigenvalue weighted by Crippen LogP contribution is 2.46. The highest BCUT2D eigenvalue weighted by molar-refractivity contribution is 7.36. The number of fused-ring (bicyclic) bond motifs is 7. The van der Waals surface area contributed by atoms with Gasteiger partial charge in [0.25, 0.3) is 0 Å². The molecule has 2 heterocycles. The van der Waals surface area contributed by atoms with E-state index < -0.39 is 0 Å². The molecule has 0 amide bonds. The summed E-state index contributed by atoms with van der Waals surface area (Å²) in [4.78, 5) is 0. The van der Waals surface area contributed by atoms with E-state index in [9.17, 15) is 0 Å². The molecule has 0 aliphatic carbocycles. The summed E-state index contributed by atoms with van der Waals surface area (Å²) in [5.41, 5.74) is 8.16. The van der Waals surface area contributed by atoms with E-state index >= 15 is 0 Å². The second-order valence-electron chi connectivity index (χ2n) is 14.3. The van der Waals surface area contributed by atoms with E-state index in [4.69, 9.17) is 0 Å². The zero-order valence-corrected chi connectivity index (χ0v) is 27.8. The van der Waals surface area contributed by atoms with Gasteiger partial charge in [-0.1, -0.05) is 114 Å². The fourth-order valence-corrected chi connectivity index (χ4v) is 9.12. The molecule has 0 aliphatic heterocycles. The quantitative estimate of drug-likeness (QED) is 0.184. The molecule has 8 aromatic rings. The van der Waals surface area contributed by atoms with Crippen molar-refractivity contribution in [3.8, 4) is 22.3 Å². The highest BCUT2D eigenvalue weighted by atomic mass is 32.1. The Hall–Kier alpha value is -3.98. The van der Waals surface area contributed by atoms with Crippen LogP contribution in [0.25, 0.3) is 73.4 Å². The van der Waals surface area contributed by atoms with Gasteiger partial charge in [-0.3, -0.25) is 0 Å². The molecular formula is C42H36S2. The Morgan fingerprint density at radius 3 is 1.09 bits per heavy atom. The molecule has 0 atom stereocenters. The van der Waals surface area contributed by atoms with Crippen LogP contribution in [0, 0.1) is 0 Å². The minimum atomic E-state index is 0.165. The van der Waals surface area contributed by atoms with Crippen molar-refractivity contribution >= 4 is 73.8 Å². The summed E-state index contributed by atoms with van der Waals surface area (Å²) in [6, 6.07) is 41.6. The van der Waals surface area contributed by atoms with Crippen LogP contribution in [0.4, 0.5) is 0 Å². The third-order valence-corrected chi connectivity index (χ3v) is 11.7. The first kappa shape index (κ1) is 27.6. The average molecular weight is 605 g/mol. The van der Waals surface area contributed by atoms with E-state index in [1.165, 1.54) is 84.5 Å². The zero-order chi connectivity index (χ0) is 30.4. The standard InChI is InChI=1S/C42H36S2/c1-41(2,3)33-15-11-25(12-16-33)27-7-9-29-21-35-37(23-31(29)19-27)43-40-36-22-30-10-8-28(20-32(30)24-38(36)44-39(35)40)26-13-17-34(18-14-26)42(4,5)6/h7-24H,1-6H3. The van der Waals surface area contributed by atoms with Crippen LogP contribution in [0.15, 0.2) is 109 Å². The van der Waals surface area contributed by atoms with Crippen LogP contribution in [-0.4, -0.2) is 0 Å². The van der Waals surface area contributed by atoms with E-state index in [0.717, 1.165) is 0 Å². The predicted octanol–water partition coefficient (Wildman–Crippen LogP) is 13.5. The summed E-state index contributed by atoms with van der Waals surface area (Å²) in [5.74, 6) is 0. The molecule has 8 rings (SSSR count). The lowest BCUT2D eigenvalue weighted by Gasteiger charge is -2.19. The van der Waals surface area contributed by atoms with Crippen LogP contribution in [0.2, 0.25) is 0 Å². The van der Waals surface area contributed by atoms with Crippen molar-refractivity contribution in [3.05, 3.63) is 120 Å². The van der Waals surface area contributed by atoms with Crippen molar-refractivity contribution in [1.82, 2.24) is 0 Å². The van der Waals surface area contributed by atoms with E-state index in [0.29, 0.717) is 0 Å². The maximum Gasteiger partial charge on any atom is 0.0542 e. The van der Waals surface area contributed by atoms with Crippen LogP contribution in [0.5, 0.6) is 0 Å². The lowest BCUT2D eigenvalue weighted by Crippen LogP contribution is -2.10. The molecule has 44 heavy (non-hydrogen) atoms. The first-order chi connectivity index (χ1) is 21.0. The molecule has 2 aromatic heterocycles. The average Bonchev–Trinajstić information content (AvgIpc) is 3.52. The summed E-state index contributed by atoms with van der Waals surface area (Å²) < 4.78 is 5.57. The third kappa shape index (κ3) is 4.64. The van der Waals surface area contributed by atoms with Gasteiger partial charge < -0.3 is 0 Å². The number of hydrogen-bond acceptors (Lipinski definition) is 2. The molecular weight excluding hydrogens is 569 g/mol. The number of hydrogen-bond donors (Lipinski definition) is 0. The van der Waals surface area contributed by atoms with Crippen molar-refractivity contribution in [2.75, 3.05) is 0 Å². The highest BCUT2D eigenvalue weighted by Gasteiger charge is 2.17. The first-order valence-electron chi connectivity index (χ1n) is 15.5. The molecule has 216 valence electrons. The van der Waals surface area contributed by atoms with Crippen LogP contribution < -0.4 is 0 Å². The zero-order valence-electron chi connectivity index (χ0n) is 26.2. The number of rotatable bonds is 2. The van der Waals surface area contributed by atoms with Gasteiger partial charge in [-0.25, -0.2) is 0 Å². The summed E-state index contributed by atoms with van der Waals surface area (Å²) >= 11 is 3.88. The predicted molar refractivity (Wildman–Crippen MR) is 198 cm³/mol. The molecule has 0 unspecified atom stereocenters. The Morgan fingerprint density at radius 2 is 0.727 bits per heavy atom. The first-order valence-corrected chi connectivity index (χ1v) is 17.1. The van der Waals surface area contributed by atoms with Crippen LogP contribution in [-0.2, 0) is 10.8 Å². The van der Waals surface area contributed by atoms with Crippen molar-refractivity contribution in [3.63, 3.8) is 0 Å².